The molecule has 1 heterocycles. The molecule has 6 atom stereocenters. The topological polar surface area (TPSA) is 206 Å². The van der Waals surface area contributed by atoms with Gasteiger partial charge in [0.2, 0.25) is 5.79 Å². The summed E-state index contributed by atoms with van der Waals surface area (Å²) in [6.07, 6.45) is 8.97. The van der Waals surface area contributed by atoms with Crippen LogP contribution in [-0.2, 0) is 16.2 Å². The number of aliphatic hydroxyl groups excluding tert-OH is 2. The van der Waals surface area contributed by atoms with Crippen molar-refractivity contribution in [3.8, 4) is 17.2 Å². The van der Waals surface area contributed by atoms with E-state index in [0.717, 1.165) is 36.8 Å². The summed E-state index contributed by atoms with van der Waals surface area (Å²) in [6, 6.07) is 15.9. The summed E-state index contributed by atoms with van der Waals surface area (Å²) in [5.41, 5.74) is 2.64. The zero-order valence-electron chi connectivity index (χ0n) is 34.1. The van der Waals surface area contributed by atoms with Crippen molar-refractivity contribution >= 4 is 23.2 Å². The van der Waals surface area contributed by atoms with E-state index in [9.17, 15) is 35.2 Å². The highest BCUT2D eigenvalue weighted by Gasteiger charge is 2.65. The number of amides is 1. The van der Waals surface area contributed by atoms with Gasteiger partial charge >= 0.3 is 6.09 Å². The fourth-order valence-corrected chi connectivity index (χ4v) is 8.81. The number of allylic oxidation sites excluding steroid dienone is 1. The maximum Gasteiger partial charge on any atom is 0.415 e. The minimum absolute atomic E-state index is 0.00326. The van der Waals surface area contributed by atoms with Gasteiger partial charge in [0.1, 0.15) is 36.5 Å². The van der Waals surface area contributed by atoms with E-state index in [-0.39, 0.29) is 74.3 Å². The molecule has 6 rings (SSSR count). The number of hydrogen-bond donors (Lipinski definition) is 2. The molecule has 1 amide bonds. The number of benzene rings is 3. The third-order valence-corrected chi connectivity index (χ3v) is 11.6. The van der Waals surface area contributed by atoms with Gasteiger partial charge in [0.15, 0.2) is 0 Å². The van der Waals surface area contributed by atoms with Crippen molar-refractivity contribution in [2.45, 2.75) is 69.3 Å². The lowest BCUT2D eigenvalue weighted by Gasteiger charge is -2.59. The molecule has 3 aliphatic rings. The highest BCUT2D eigenvalue weighted by Crippen LogP contribution is 2.61. The minimum atomic E-state index is -1.55. The Kier molecular flexibility index (Phi) is 14.9. The molecule has 3 aromatic carbocycles. The Hall–Kier alpha value is -6.10. The van der Waals surface area contributed by atoms with Crippen molar-refractivity contribution in [3.05, 3.63) is 135 Å². The van der Waals surface area contributed by atoms with Gasteiger partial charge in [0.05, 0.1) is 28.1 Å². The van der Waals surface area contributed by atoms with E-state index in [1.807, 2.05) is 18.2 Å². The molecular weight excluding hydrogens is 789 g/mol. The summed E-state index contributed by atoms with van der Waals surface area (Å²) >= 11 is 0. The van der Waals surface area contributed by atoms with Crippen LogP contribution in [0.5, 0.6) is 17.2 Å². The molecule has 1 fully saturated rings. The molecule has 2 aliphatic carbocycles. The van der Waals surface area contributed by atoms with Crippen LogP contribution in [0, 0.1) is 38.0 Å². The summed E-state index contributed by atoms with van der Waals surface area (Å²) in [7, 11) is 1.57. The second-order valence-electron chi connectivity index (χ2n) is 15.3. The largest absolute Gasteiger partial charge is 0.490 e. The Balaban J connectivity index is 1.51. The first-order chi connectivity index (χ1) is 29.5. The summed E-state index contributed by atoms with van der Waals surface area (Å²) in [4.78, 5) is 43.2. The van der Waals surface area contributed by atoms with Crippen LogP contribution in [-0.4, -0.2) is 82.1 Å². The lowest BCUT2D eigenvalue weighted by atomic mass is 9.55. The van der Waals surface area contributed by atoms with Crippen molar-refractivity contribution in [2.24, 2.45) is 22.9 Å². The molecule has 16 heteroatoms. The molecule has 0 spiro atoms. The monoisotopic (exact) mass is 840 g/mol. The van der Waals surface area contributed by atoms with Crippen LogP contribution >= 0.6 is 0 Å². The van der Waals surface area contributed by atoms with Crippen LogP contribution < -0.4 is 14.2 Å². The third kappa shape index (κ3) is 9.93. The van der Waals surface area contributed by atoms with E-state index in [1.165, 1.54) is 41.3 Å². The normalized spacial score (nSPS) is 23.0. The fourth-order valence-electron chi connectivity index (χ4n) is 8.81. The van der Waals surface area contributed by atoms with E-state index >= 15 is 0 Å². The number of ether oxygens (including phenoxy) is 4. The number of carbonyl (C=O) groups is 1. The van der Waals surface area contributed by atoms with Gasteiger partial charge in [0.25, 0.3) is 11.4 Å². The number of nitrogens with zero attached hydrogens (tertiary/aromatic N) is 4. The fraction of sp³-hybridized carbons (Fsp3) is 0.422. The number of oxime groups is 1. The van der Waals surface area contributed by atoms with Crippen LogP contribution in [0.2, 0.25) is 0 Å². The van der Waals surface area contributed by atoms with Gasteiger partial charge in [-0.15, -0.1) is 6.58 Å². The van der Waals surface area contributed by atoms with E-state index < -0.39 is 33.7 Å². The van der Waals surface area contributed by atoms with Gasteiger partial charge in [-0.25, -0.2) is 4.79 Å². The first-order valence-corrected chi connectivity index (χ1v) is 20.4. The number of nitro groups is 2. The molecule has 0 bridgehead atoms. The number of nitro benzene ring substituents is 2. The molecule has 2 N–H and O–H groups in total. The summed E-state index contributed by atoms with van der Waals surface area (Å²) < 4.78 is 25.8. The molecule has 0 radical (unpaired) electrons. The Morgan fingerprint density at radius 2 is 1.56 bits per heavy atom. The molecule has 0 unspecified atom stereocenters. The molecule has 1 saturated carbocycles. The van der Waals surface area contributed by atoms with Crippen LogP contribution in [0.4, 0.5) is 16.2 Å². The zero-order valence-corrected chi connectivity index (χ0v) is 34.1. The van der Waals surface area contributed by atoms with Crippen molar-refractivity contribution in [1.29, 1.82) is 0 Å². The number of non-ortho nitro benzene ring substituents is 2. The van der Waals surface area contributed by atoms with Crippen molar-refractivity contribution in [3.63, 3.8) is 0 Å². The van der Waals surface area contributed by atoms with Crippen LogP contribution in [0.25, 0.3) is 0 Å². The lowest BCUT2D eigenvalue weighted by Crippen LogP contribution is -2.69. The second-order valence-corrected chi connectivity index (χ2v) is 15.3. The molecule has 16 nitrogen and oxygen atoms in total. The number of likely N-dealkylation sites (N-methyl/N-ethyl adjacent to an activating group) is 1. The molecule has 0 aromatic heterocycles. The van der Waals surface area contributed by atoms with E-state index in [4.69, 9.17) is 28.9 Å². The molecule has 1 aliphatic heterocycles. The maximum atomic E-state index is 14.2. The number of carbonyl (C=O) groups excluding carboxylic acids is 1. The summed E-state index contributed by atoms with van der Waals surface area (Å²) in [6.45, 7) is 8.15. The standard InChI is InChI=1S/C45H52N4O12/c1-4-24-57-35-20-21-40-38(27-35)42-36(11-7-9-23-51)31(10-6-8-22-50)26-37-39(46-59-29-30-12-14-32(15-13-30)48(53)54)28-41(45(61-40,43(37)42)58-25-5-2)47(3)44(52)60-34-18-16-33(17-19-34)49(55)56/h4-5,12-21,26-27,31,36,41-43,50-51H,1-2,6-11,22-25,28-29H2,3H3/t31-,36+,41-,42+,43+,45+/m0/s1. The predicted molar refractivity (Wildman–Crippen MR) is 225 cm³/mol. The van der Waals surface area contributed by atoms with Gasteiger partial charge in [0, 0.05) is 62.4 Å². The van der Waals surface area contributed by atoms with Crippen LogP contribution in [0.3, 0.4) is 0 Å². The lowest BCUT2D eigenvalue weighted by molar-refractivity contribution is -0.385. The van der Waals surface area contributed by atoms with Crippen molar-refractivity contribution < 1.29 is 48.6 Å². The van der Waals surface area contributed by atoms with Gasteiger partial charge in [-0.3, -0.25) is 20.2 Å². The Morgan fingerprint density at radius 3 is 2.20 bits per heavy atom. The Morgan fingerprint density at radius 1 is 0.918 bits per heavy atom. The Labute approximate surface area is 354 Å². The molecular formula is C45H52N4O12. The van der Waals surface area contributed by atoms with Gasteiger partial charge in [-0.2, -0.15) is 0 Å². The van der Waals surface area contributed by atoms with E-state index in [0.29, 0.717) is 35.6 Å². The third-order valence-electron chi connectivity index (χ3n) is 11.6. The number of unbranched alkanes of at least 4 members (excludes halogenated alkanes) is 2. The molecule has 61 heavy (non-hydrogen) atoms. The number of fused-ring (bicyclic) bond motifs is 2. The SMILES string of the molecule is C=CCOc1ccc2c(c1)[C@H]1[C@H](CCCCO)[C@@H](CCCCO)C=C3C(=NOCc4ccc([N+](=O)[O-])cc4)C[C@H](N(C)C(=O)Oc4ccc([N+](=O)[O-])cc4)[C@@](OCC=C)(O2)[C@H]31. The molecule has 3 aromatic rings. The first-order valence-electron chi connectivity index (χ1n) is 20.4. The van der Waals surface area contributed by atoms with E-state index in [1.54, 1.807) is 31.3 Å². The summed E-state index contributed by atoms with van der Waals surface area (Å²) in [5.74, 6) is -1.25. The van der Waals surface area contributed by atoms with Gasteiger partial charge in [-0.1, -0.05) is 42.8 Å². The van der Waals surface area contributed by atoms with Crippen LogP contribution in [0.1, 0.15) is 62.0 Å². The maximum absolute atomic E-state index is 14.2. The first kappa shape index (κ1) is 44.5. The molecule has 0 saturated heterocycles. The van der Waals surface area contributed by atoms with Crippen LogP contribution in [0.15, 0.2) is 109 Å². The minimum Gasteiger partial charge on any atom is -0.490 e. The zero-order chi connectivity index (χ0) is 43.5. The van der Waals surface area contributed by atoms with Crippen molar-refractivity contribution in [2.75, 3.05) is 33.5 Å². The van der Waals surface area contributed by atoms with Crippen molar-refractivity contribution in [1.82, 2.24) is 4.90 Å². The quantitative estimate of drug-likeness (QED) is 0.0453. The van der Waals surface area contributed by atoms with E-state index in [2.05, 4.69) is 19.2 Å². The molecule has 324 valence electrons. The highest BCUT2D eigenvalue weighted by atomic mass is 16.7. The highest BCUT2D eigenvalue weighted by molar-refractivity contribution is 6.03. The summed E-state index contributed by atoms with van der Waals surface area (Å²) in [5, 5.41) is 47.0. The predicted octanol–water partition coefficient (Wildman–Crippen LogP) is 8.03. The number of hydrogen-bond acceptors (Lipinski definition) is 13. The second kappa shape index (κ2) is 20.4. The van der Waals surface area contributed by atoms with Gasteiger partial charge in [-0.05, 0) is 91.1 Å². The smallest absolute Gasteiger partial charge is 0.415 e. The average molecular weight is 841 g/mol. The van der Waals surface area contributed by atoms with Gasteiger partial charge < -0.3 is 38.9 Å². The number of rotatable bonds is 21. The average Bonchev–Trinajstić information content (AvgIpc) is 3.26. The number of aliphatic hydroxyl groups is 2. The Bertz CT molecular complexity index is 2110.